The Bertz CT molecular complexity index is 1050. The van der Waals surface area contributed by atoms with E-state index in [-0.39, 0.29) is 5.91 Å². The molecule has 1 saturated heterocycles. The molecule has 30 heavy (non-hydrogen) atoms. The molecule has 1 aliphatic heterocycles. The number of anilines is 2. The third-order valence-electron chi connectivity index (χ3n) is 5.72. The average Bonchev–Trinajstić information content (AvgIpc) is 3.23. The highest BCUT2D eigenvalue weighted by molar-refractivity contribution is 6.30. The first-order valence-corrected chi connectivity index (χ1v) is 10.9. The van der Waals surface area contributed by atoms with Gasteiger partial charge in [0.1, 0.15) is 5.69 Å². The first-order chi connectivity index (χ1) is 14.7. The molecule has 0 spiro atoms. The molecule has 1 aliphatic carbocycles. The van der Waals surface area contributed by atoms with Gasteiger partial charge in [0.05, 0.1) is 0 Å². The maximum atomic E-state index is 13.0. The molecule has 2 fully saturated rings. The van der Waals surface area contributed by atoms with Crippen LogP contribution >= 0.6 is 11.6 Å². The predicted molar refractivity (Wildman–Crippen MR) is 119 cm³/mol. The van der Waals surface area contributed by atoms with E-state index in [1.54, 1.807) is 12.1 Å². The van der Waals surface area contributed by atoms with E-state index in [0.29, 0.717) is 22.3 Å². The zero-order valence-electron chi connectivity index (χ0n) is 16.7. The smallest absolute Gasteiger partial charge is 0.272 e. The van der Waals surface area contributed by atoms with Crippen LogP contribution in [0.3, 0.4) is 0 Å². The Labute approximate surface area is 180 Å². The quantitative estimate of drug-likeness (QED) is 0.617. The van der Waals surface area contributed by atoms with E-state index in [1.807, 2.05) is 36.8 Å². The van der Waals surface area contributed by atoms with Gasteiger partial charge in [-0.2, -0.15) is 0 Å². The van der Waals surface area contributed by atoms with Gasteiger partial charge >= 0.3 is 0 Å². The summed E-state index contributed by atoms with van der Waals surface area (Å²) in [5.41, 5.74) is 3.20. The van der Waals surface area contributed by atoms with Gasteiger partial charge in [-0.15, -0.1) is 0 Å². The zero-order valence-corrected chi connectivity index (χ0v) is 17.5. The fourth-order valence-electron chi connectivity index (χ4n) is 3.90. The van der Waals surface area contributed by atoms with Crippen LogP contribution in [0, 0.1) is 5.92 Å². The Morgan fingerprint density at radius 2 is 1.87 bits per heavy atom. The van der Waals surface area contributed by atoms with Crippen molar-refractivity contribution in [1.82, 2.24) is 14.5 Å². The average molecular weight is 422 g/mol. The van der Waals surface area contributed by atoms with Crippen molar-refractivity contribution in [3.63, 3.8) is 0 Å². The summed E-state index contributed by atoms with van der Waals surface area (Å²) in [6.45, 7) is 2.89. The number of benzene rings is 1. The Hall–Kier alpha value is -2.86. The lowest BCUT2D eigenvalue weighted by Crippen LogP contribution is -2.20. The van der Waals surface area contributed by atoms with Crippen molar-refractivity contribution in [3.8, 4) is 11.1 Å². The highest BCUT2D eigenvalue weighted by Gasteiger charge is 2.25. The topological polar surface area (TPSA) is 63.1 Å². The molecule has 0 atom stereocenters. The number of aromatic nitrogens is 3. The van der Waals surface area contributed by atoms with E-state index in [0.717, 1.165) is 36.7 Å². The van der Waals surface area contributed by atoms with Crippen LogP contribution in [-0.4, -0.2) is 33.5 Å². The number of hydrogen-bond donors (Lipinski definition) is 1. The summed E-state index contributed by atoms with van der Waals surface area (Å²) in [5.74, 6) is 1.29. The number of nitrogens with zero attached hydrogens (tertiary/aromatic N) is 4. The van der Waals surface area contributed by atoms with Gasteiger partial charge in [0.2, 0.25) is 5.95 Å². The Balaban J connectivity index is 1.40. The molecule has 3 aromatic rings. The molecule has 154 valence electrons. The lowest BCUT2D eigenvalue weighted by atomic mass is 10.2. The summed E-state index contributed by atoms with van der Waals surface area (Å²) in [4.78, 5) is 24.3. The van der Waals surface area contributed by atoms with Crippen molar-refractivity contribution < 1.29 is 4.79 Å². The largest absolute Gasteiger partial charge is 0.343 e. The highest BCUT2D eigenvalue weighted by atomic mass is 35.5. The van der Waals surface area contributed by atoms with Gasteiger partial charge in [-0.05, 0) is 55.9 Å². The summed E-state index contributed by atoms with van der Waals surface area (Å²) in [6, 6.07) is 9.13. The first kappa shape index (κ1) is 19.1. The van der Waals surface area contributed by atoms with Crippen LogP contribution < -0.4 is 10.2 Å². The maximum Gasteiger partial charge on any atom is 0.272 e. The lowest BCUT2D eigenvalue weighted by Gasteiger charge is -2.14. The number of carbonyl (C=O) groups is 1. The minimum atomic E-state index is -0.140. The summed E-state index contributed by atoms with van der Waals surface area (Å²) in [5, 5.41) is 3.56. The van der Waals surface area contributed by atoms with E-state index < -0.39 is 0 Å². The number of amides is 1. The van der Waals surface area contributed by atoms with Gasteiger partial charge in [0.15, 0.2) is 0 Å². The van der Waals surface area contributed by atoms with E-state index in [9.17, 15) is 4.79 Å². The van der Waals surface area contributed by atoms with Crippen LogP contribution in [0.15, 0.2) is 48.9 Å². The van der Waals surface area contributed by atoms with E-state index in [2.05, 4.69) is 24.8 Å². The van der Waals surface area contributed by atoms with Crippen LogP contribution in [0.1, 0.15) is 36.2 Å². The monoisotopic (exact) mass is 421 g/mol. The minimum Gasteiger partial charge on any atom is -0.343 e. The fraction of sp³-hybridized carbons (Fsp3) is 0.348. The second-order valence-corrected chi connectivity index (χ2v) is 8.58. The second-order valence-electron chi connectivity index (χ2n) is 8.14. The molecule has 1 N–H and O–H groups in total. The normalized spacial score (nSPS) is 16.1. The standard InChI is InChI=1S/C23H24ClN5O/c24-19-4-3-5-20(11-19)27-22(30)21-10-17(15-29(21)14-16-6-7-16)18-12-25-23(26-13-18)28-8-1-2-9-28/h3-5,10-13,15-16H,1-2,6-9,14H2,(H,27,30). The molecule has 1 saturated carbocycles. The Morgan fingerprint density at radius 3 is 2.57 bits per heavy atom. The summed E-state index contributed by atoms with van der Waals surface area (Å²) < 4.78 is 2.06. The molecule has 0 unspecified atom stereocenters. The van der Waals surface area contributed by atoms with Gasteiger partial charge < -0.3 is 14.8 Å². The molecule has 0 radical (unpaired) electrons. The second kappa shape index (κ2) is 8.11. The maximum absolute atomic E-state index is 13.0. The van der Waals surface area contributed by atoms with E-state index >= 15 is 0 Å². The predicted octanol–water partition coefficient (Wildman–Crippen LogP) is 4.86. The number of rotatable bonds is 6. The molecule has 3 heterocycles. The molecular weight excluding hydrogens is 398 g/mol. The third-order valence-corrected chi connectivity index (χ3v) is 5.96. The first-order valence-electron chi connectivity index (χ1n) is 10.5. The molecule has 5 rings (SSSR count). The molecule has 2 aromatic heterocycles. The summed E-state index contributed by atoms with van der Waals surface area (Å²) >= 11 is 6.05. The summed E-state index contributed by atoms with van der Waals surface area (Å²) in [6.07, 6.45) is 10.6. The third kappa shape index (κ3) is 4.19. The molecule has 2 aliphatic rings. The van der Waals surface area contributed by atoms with Crippen LogP contribution in [-0.2, 0) is 6.54 Å². The fourth-order valence-corrected chi connectivity index (χ4v) is 4.09. The van der Waals surface area contributed by atoms with Crippen molar-refractivity contribution in [1.29, 1.82) is 0 Å². The number of halogens is 1. The van der Waals surface area contributed by atoms with Crippen LogP contribution in [0.25, 0.3) is 11.1 Å². The number of hydrogen-bond acceptors (Lipinski definition) is 4. The molecule has 7 heteroatoms. The molecule has 0 bridgehead atoms. The van der Waals surface area contributed by atoms with Gasteiger partial charge in [0, 0.05) is 60.1 Å². The van der Waals surface area contributed by atoms with Crippen molar-refractivity contribution in [2.75, 3.05) is 23.3 Å². The van der Waals surface area contributed by atoms with E-state index in [4.69, 9.17) is 11.6 Å². The Kier molecular flexibility index (Phi) is 5.17. The van der Waals surface area contributed by atoms with Crippen molar-refractivity contribution in [3.05, 3.63) is 59.6 Å². The molecule has 1 aromatic carbocycles. The minimum absolute atomic E-state index is 0.140. The molecular formula is C23H24ClN5O. The van der Waals surface area contributed by atoms with Gasteiger partial charge in [-0.3, -0.25) is 4.79 Å². The Morgan fingerprint density at radius 1 is 1.10 bits per heavy atom. The van der Waals surface area contributed by atoms with Crippen LogP contribution in [0.5, 0.6) is 0 Å². The molecule has 1 amide bonds. The van der Waals surface area contributed by atoms with E-state index in [1.165, 1.54) is 25.7 Å². The lowest BCUT2D eigenvalue weighted by molar-refractivity contribution is 0.101. The van der Waals surface area contributed by atoms with Gasteiger partial charge in [-0.25, -0.2) is 9.97 Å². The van der Waals surface area contributed by atoms with Gasteiger partial charge in [-0.1, -0.05) is 17.7 Å². The highest BCUT2D eigenvalue weighted by Crippen LogP contribution is 2.33. The van der Waals surface area contributed by atoms with Crippen molar-refractivity contribution >= 4 is 29.1 Å². The number of carbonyl (C=O) groups excluding carboxylic acids is 1. The van der Waals surface area contributed by atoms with Gasteiger partial charge in [0.25, 0.3) is 5.91 Å². The van der Waals surface area contributed by atoms with Crippen LogP contribution in [0.4, 0.5) is 11.6 Å². The zero-order chi connectivity index (χ0) is 20.5. The number of nitrogens with one attached hydrogen (secondary N) is 1. The summed E-state index contributed by atoms with van der Waals surface area (Å²) in [7, 11) is 0. The SMILES string of the molecule is O=C(Nc1cccc(Cl)c1)c1cc(-c2cnc(N3CCCC3)nc2)cn1CC1CC1. The van der Waals surface area contributed by atoms with Crippen molar-refractivity contribution in [2.24, 2.45) is 5.92 Å². The molecule has 6 nitrogen and oxygen atoms in total. The van der Waals surface area contributed by atoms with Crippen LogP contribution in [0.2, 0.25) is 5.02 Å². The van der Waals surface area contributed by atoms with Crippen molar-refractivity contribution in [2.45, 2.75) is 32.2 Å².